The second-order valence-electron chi connectivity index (χ2n) is 7.69. The van der Waals surface area contributed by atoms with Crippen LogP contribution in [0.25, 0.3) is 22.0 Å². The number of H-pyrrole nitrogens is 1. The third kappa shape index (κ3) is 4.35. The van der Waals surface area contributed by atoms with Gasteiger partial charge < -0.3 is 14.9 Å². The van der Waals surface area contributed by atoms with Crippen molar-refractivity contribution in [3.63, 3.8) is 0 Å². The Balaban J connectivity index is 1.34. The number of carbonyl (C=O) groups is 1. The molecule has 0 spiro atoms. The lowest BCUT2D eigenvalue weighted by Crippen LogP contribution is -2.26. The van der Waals surface area contributed by atoms with Crippen LogP contribution >= 0.6 is 0 Å². The third-order valence-corrected chi connectivity index (χ3v) is 5.31. The van der Waals surface area contributed by atoms with Gasteiger partial charge in [-0.1, -0.05) is 30.3 Å². The molecule has 1 amide bonds. The number of aromatic nitrogens is 2. The van der Waals surface area contributed by atoms with Crippen LogP contribution in [0, 0.1) is 6.92 Å². The van der Waals surface area contributed by atoms with E-state index in [4.69, 9.17) is 0 Å². The van der Waals surface area contributed by atoms with Crippen molar-refractivity contribution in [2.45, 2.75) is 19.8 Å². The van der Waals surface area contributed by atoms with Crippen LogP contribution in [0.3, 0.4) is 0 Å². The summed E-state index contributed by atoms with van der Waals surface area (Å²) in [6, 6.07) is 19.8. The lowest BCUT2D eigenvalue weighted by molar-refractivity contribution is 0.0945. The minimum absolute atomic E-state index is 0.0291. The molecule has 2 heterocycles. The minimum Gasteiger partial charge on any atom is -0.351 e. The third-order valence-electron chi connectivity index (χ3n) is 5.31. The zero-order chi connectivity index (χ0) is 21.1. The van der Waals surface area contributed by atoms with E-state index in [0.29, 0.717) is 12.2 Å². The number of nitrogens with zero attached hydrogens (tertiary/aromatic N) is 1. The monoisotopic (exact) mass is 399 g/mol. The number of hydrogen-bond donors (Lipinski definition) is 2. The van der Waals surface area contributed by atoms with E-state index >= 15 is 0 Å². The summed E-state index contributed by atoms with van der Waals surface area (Å²) >= 11 is 0. The van der Waals surface area contributed by atoms with Crippen molar-refractivity contribution in [1.82, 2.24) is 14.9 Å². The molecule has 30 heavy (non-hydrogen) atoms. The van der Waals surface area contributed by atoms with E-state index in [2.05, 4.69) is 40.6 Å². The van der Waals surface area contributed by atoms with Crippen LogP contribution in [0.5, 0.6) is 0 Å². The molecule has 0 bridgehead atoms. The Bertz CT molecular complexity index is 1250. The number of carbonyl (C=O) groups excluding carboxylic acids is 1. The summed E-state index contributed by atoms with van der Waals surface area (Å²) in [7, 11) is 1.89. The average Bonchev–Trinajstić information content (AvgIpc) is 3.09. The molecule has 0 radical (unpaired) electrons. The molecule has 0 aliphatic heterocycles. The highest BCUT2D eigenvalue weighted by Gasteiger charge is 2.09. The summed E-state index contributed by atoms with van der Waals surface area (Å²) < 4.78 is 1.85. The lowest BCUT2D eigenvalue weighted by atomic mass is 10.0. The van der Waals surface area contributed by atoms with E-state index in [1.165, 1.54) is 5.56 Å². The maximum Gasteiger partial charge on any atom is 0.267 e. The van der Waals surface area contributed by atoms with E-state index in [0.717, 1.165) is 40.4 Å². The van der Waals surface area contributed by atoms with Crippen LogP contribution < -0.4 is 10.9 Å². The Hall–Kier alpha value is -3.60. The fourth-order valence-electron chi connectivity index (χ4n) is 3.74. The van der Waals surface area contributed by atoms with E-state index in [-0.39, 0.29) is 11.5 Å². The molecule has 2 aromatic carbocycles. The topological polar surface area (TPSA) is 66.9 Å². The van der Waals surface area contributed by atoms with Crippen molar-refractivity contribution in [2.75, 3.05) is 6.54 Å². The van der Waals surface area contributed by atoms with E-state index in [9.17, 15) is 9.59 Å². The number of rotatable bonds is 6. The summed E-state index contributed by atoms with van der Waals surface area (Å²) in [6.07, 6.45) is 3.74. The Labute approximate surface area is 175 Å². The van der Waals surface area contributed by atoms with Gasteiger partial charge in [-0.2, -0.15) is 0 Å². The quantitative estimate of drug-likeness (QED) is 0.477. The van der Waals surface area contributed by atoms with Crippen LogP contribution in [0.4, 0.5) is 0 Å². The van der Waals surface area contributed by atoms with Crippen molar-refractivity contribution < 1.29 is 4.79 Å². The van der Waals surface area contributed by atoms with Crippen molar-refractivity contribution in [1.29, 1.82) is 0 Å². The standard InChI is InChI=1S/C25H25N3O2/c1-17-14-23(28(2)16-17)25(30)26-13-3-4-18-5-7-19(8-6-18)20-9-11-22-21(15-20)10-12-24(29)27-22/h5-12,14-16H,3-4,13H2,1-2H3,(H,26,30)(H,27,29). The Morgan fingerprint density at radius 3 is 2.50 bits per heavy atom. The number of aromatic amines is 1. The fraction of sp³-hybridized carbons (Fsp3) is 0.200. The second-order valence-corrected chi connectivity index (χ2v) is 7.69. The second kappa shape index (κ2) is 8.41. The number of benzene rings is 2. The molecule has 0 saturated heterocycles. The van der Waals surface area contributed by atoms with E-state index in [1.54, 1.807) is 6.07 Å². The van der Waals surface area contributed by atoms with Gasteiger partial charge in [0.05, 0.1) is 0 Å². The highest BCUT2D eigenvalue weighted by molar-refractivity contribution is 5.92. The Morgan fingerprint density at radius 2 is 1.77 bits per heavy atom. The van der Waals surface area contributed by atoms with Crippen LogP contribution in [0.2, 0.25) is 0 Å². The fourth-order valence-corrected chi connectivity index (χ4v) is 3.74. The molecule has 0 atom stereocenters. The normalized spacial score (nSPS) is 11.0. The number of pyridine rings is 1. The largest absolute Gasteiger partial charge is 0.351 e. The molecule has 0 unspecified atom stereocenters. The molecule has 0 fully saturated rings. The van der Waals surface area contributed by atoms with Crippen molar-refractivity contribution in [3.8, 4) is 11.1 Å². The number of fused-ring (bicyclic) bond motifs is 1. The molecule has 0 aliphatic carbocycles. The minimum atomic E-state index is -0.0884. The van der Waals surface area contributed by atoms with Gasteiger partial charge in [-0.25, -0.2) is 0 Å². The predicted molar refractivity (Wildman–Crippen MR) is 121 cm³/mol. The first-order valence-corrected chi connectivity index (χ1v) is 10.1. The van der Waals surface area contributed by atoms with Gasteiger partial charge in [-0.05, 0) is 71.7 Å². The highest BCUT2D eigenvalue weighted by atomic mass is 16.2. The Morgan fingerprint density at radius 1 is 1.00 bits per heavy atom. The molecular formula is C25H25N3O2. The van der Waals surface area contributed by atoms with Gasteiger partial charge in [0, 0.05) is 31.4 Å². The van der Waals surface area contributed by atoms with Gasteiger partial charge in [-0.15, -0.1) is 0 Å². The van der Waals surface area contributed by atoms with Gasteiger partial charge in [0.15, 0.2) is 0 Å². The molecule has 0 aliphatic rings. The molecule has 2 N–H and O–H groups in total. The molecule has 4 aromatic rings. The molecule has 2 aromatic heterocycles. The van der Waals surface area contributed by atoms with Gasteiger partial charge in [0.2, 0.25) is 5.56 Å². The molecule has 0 saturated carbocycles. The SMILES string of the molecule is Cc1cc(C(=O)NCCCc2ccc(-c3ccc4[nH]c(=O)ccc4c3)cc2)n(C)c1. The van der Waals surface area contributed by atoms with E-state index in [1.807, 2.05) is 49.0 Å². The summed E-state index contributed by atoms with van der Waals surface area (Å²) in [5.74, 6) is -0.0291. The maximum absolute atomic E-state index is 12.3. The van der Waals surface area contributed by atoms with Crippen LogP contribution in [0.15, 0.2) is 71.7 Å². The smallest absolute Gasteiger partial charge is 0.267 e. The molecular weight excluding hydrogens is 374 g/mol. The van der Waals surface area contributed by atoms with Crippen molar-refractivity contribution in [3.05, 3.63) is 94.0 Å². The number of aryl methyl sites for hydroxylation is 3. The van der Waals surface area contributed by atoms with Crippen molar-refractivity contribution >= 4 is 16.8 Å². The number of hydrogen-bond acceptors (Lipinski definition) is 2. The van der Waals surface area contributed by atoms with Crippen LogP contribution in [0.1, 0.15) is 28.0 Å². The lowest BCUT2D eigenvalue weighted by Gasteiger charge is -2.08. The zero-order valence-corrected chi connectivity index (χ0v) is 17.2. The van der Waals surface area contributed by atoms with Gasteiger partial charge >= 0.3 is 0 Å². The first-order chi connectivity index (χ1) is 14.5. The summed E-state index contributed by atoms with van der Waals surface area (Å²) in [5.41, 5.74) is 6.03. The van der Waals surface area contributed by atoms with E-state index < -0.39 is 0 Å². The maximum atomic E-state index is 12.3. The first-order valence-electron chi connectivity index (χ1n) is 10.1. The first kappa shape index (κ1) is 19.7. The Kier molecular flexibility index (Phi) is 5.53. The van der Waals surface area contributed by atoms with Gasteiger partial charge in [0.25, 0.3) is 5.91 Å². The van der Waals surface area contributed by atoms with Gasteiger partial charge in [0.1, 0.15) is 5.69 Å². The van der Waals surface area contributed by atoms with Crippen LogP contribution in [-0.2, 0) is 13.5 Å². The molecule has 4 rings (SSSR count). The van der Waals surface area contributed by atoms with Crippen molar-refractivity contribution in [2.24, 2.45) is 7.05 Å². The highest BCUT2D eigenvalue weighted by Crippen LogP contribution is 2.23. The predicted octanol–water partition coefficient (Wildman–Crippen LogP) is 4.20. The molecule has 5 nitrogen and oxygen atoms in total. The summed E-state index contributed by atoms with van der Waals surface area (Å²) in [5, 5.41) is 4.01. The molecule has 152 valence electrons. The number of amides is 1. The van der Waals surface area contributed by atoms with Crippen LogP contribution in [-0.4, -0.2) is 22.0 Å². The average molecular weight is 399 g/mol. The number of nitrogens with one attached hydrogen (secondary N) is 2. The molecule has 5 heteroatoms. The zero-order valence-electron chi connectivity index (χ0n) is 17.2. The summed E-state index contributed by atoms with van der Waals surface area (Å²) in [4.78, 5) is 26.5. The van der Waals surface area contributed by atoms with Gasteiger partial charge in [-0.3, -0.25) is 9.59 Å². The summed E-state index contributed by atoms with van der Waals surface area (Å²) in [6.45, 7) is 2.63.